The SMILES string of the molecule is CC(C)(C)NC(=O)N1CCN(c2cccc(N)c2)CC1. The van der Waals surface area contributed by atoms with E-state index in [9.17, 15) is 4.79 Å². The summed E-state index contributed by atoms with van der Waals surface area (Å²) in [5, 5.41) is 3.00. The molecule has 0 spiro atoms. The van der Waals surface area contributed by atoms with E-state index < -0.39 is 0 Å². The van der Waals surface area contributed by atoms with Gasteiger partial charge >= 0.3 is 6.03 Å². The van der Waals surface area contributed by atoms with Crippen molar-refractivity contribution < 1.29 is 4.79 Å². The quantitative estimate of drug-likeness (QED) is 0.770. The molecule has 1 heterocycles. The van der Waals surface area contributed by atoms with E-state index in [-0.39, 0.29) is 11.6 Å². The van der Waals surface area contributed by atoms with Crippen LogP contribution in [-0.2, 0) is 0 Å². The summed E-state index contributed by atoms with van der Waals surface area (Å²) in [5.74, 6) is 0. The number of urea groups is 1. The molecular weight excluding hydrogens is 252 g/mol. The van der Waals surface area contributed by atoms with Crippen LogP contribution in [-0.4, -0.2) is 42.6 Å². The minimum atomic E-state index is -0.192. The summed E-state index contributed by atoms with van der Waals surface area (Å²) >= 11 is 0. The molecule has 2 amide bonds. The van der Waals surface area contributed by atoms with Crippen LogP contribution in [0.25, 0.3) is 0 Å². The normalized spacial score (nSPS) is 16.1. The van der Waals surface area contributed by atoms with Gasteiger partial charge in [-0.15, -0.1) is 0 Å². The largest absolute Gasteiger partial charge is 0.399 e. The molecule has 3 N–H and O–H groups in total. The van der Waals surface area contributed by atoms with Crippen molar-refractivity contribution >= 4 is 17.4 Å². The number of benzene rings is 1. The zero-order valence-electron chi connectivity index (χ0n) is 12.5. The Labute approximate surface area is 120 Å². The van der Waals surface area contributed by atoms with Crippen molar-refractivity contribution in [1.82, 2.24) is 10.2 Å². The first-order valence-electron chi connectivity index (χ1n) is 7.03. The predicted molar refractivity (Wildman–Crippen MR) is 82.9 cm³/mol. The number of hydrogen-bond acceptors (Lipinski definition) is 3. The third-order valence-electron chi connectivity index (χ3n) is 3.28. The maximum absolute atomic E-state index is 12.1. The van der Waals surface area contributed by atoms with Gasteiger partial charge in [0, 0.05) is 43.1 Å². The first kappa shape index (κ1) is 14.5. The molecule has 0 saturated carbocycles. The molecule has 0 unspecified atom stereocenters. The Morgan fingerprint density at radius 2 is 1.85 bits per heavy atom. The van der Waals surface area contributed by atoms with Gasteiger partial charge in [0.05, 0.1) is 0 Å². The van der Waals surface area contributed by atoms with Crippen LogP contribution < -0.4 is 16.0 Å². The minimum absolute atomic E-state index is 0.0183. The van der Waals surface area contributed by atoms with Crippen molar-refractivity contribution in [3.8, 4) is 0 Å². The molecule has 0 aliphatic carbocycles. The maximum atomic E-state index is 12.1. The van der Waals surface area contributed by atoms with Gasteiger partial charge in [-0.05, 0) is 39.0 Å². The number of carbonyl (C=O) groups is 1. The maximum Gasteiger partial charge on any atom is 0.317 e. The highest BCUT2D eigenvalue weighted by molar-refractivity contribution is 5.75. The second-order valence-corrected chi connectivity index (χ2v) is 6.25. The van der Waals surface area contributed by atoms with Crippen molar-refractivity contribution in [2.75, 3.05) is 36.8 Å². The Morgan fingerprint density at radius 1 is 1.20 bits per heavy atom. The second kappa shape index (κ2) is 5.61. The van der Waals surface area contributed by atoms with Crippen LogP contribution in [0.4, 0.5) is 16.2 Å². The molecule has 1 aromatic rings. The summed E-state index contributed by atoms with van der Waals surface area (Å²) < 4.78 is 0. The third kappa shape index (κ3) is 3.79. The van der Waals surface area contributed by atoms with E-state index in [1.807, 2.05) is 43.9 Å². The molecule has 20 heavy (non-hydrogen) atoms. The fourth-order valence-corrected chi connectivity index (χ4v) is 2.29. The van der Waals surface area contributed by atoms with E-state index in [0.29, 0.717) is 0 Å². The molecule has 1 aliphatic rings. The molecule has 1 saturated heterocycles. The first-order valence-corrected chi connectivity index (χ1v) is 7.03. The summed E-state index contributed by atoms with van der Waals surface area (Å²) in [7, 11) is 0. The summed E-state index contributed by atoms with van der Waals surface area (Å²) in [4.78, 5) is 16.2. The molecule has 0 bridgehead atoms. The summed E-state index contributed by atoms with van der Waals surface area (Å²) in [6.07, 6.45) is 0. The number of hydrogen-bond donors (Lipinski definition) is 2. The number of nitrogens with one attached hydrogen (secondary N) is 1. The third-order valence-corrected chi connectivity index (χ3v) is 3.28. The van der Waals surface area contributed by atoms with E-state index in [1.165, 1.54) is 0 Å². The number of nitrogens with two attached hydrogens (primary N) is 1. The molecule has 5 nitrogen and oxygen atoms in total. The van der Waals surface area contributed by atoms with E-state index in [2.05, 4.69) is 16.3 Å². The number of nitrogen functional groups attached to an aromatic ring is 1. The zero-order chi connectivity index (χ0) is 14.8. The fraction of sp³-hybridized carbons (Fsp3) is 0.533. The Balaban J connectivity index is 1.91. The number of nitrogens with zero attached hydrogens (tertiary/aromatic N) is 2. The van der Waals surface area contributed by atoms with Crippen LogP contribution >= 0.6 is 0 Å². The van der Waals surface area contributed by atoms with Crippen LogP contribution in [0.15, 0.2) is 24.3 Å². The lowest BCUT2D eigenvalue weighted by molar-refractivity contribution is 0.185. The smallest absolute Gasteiger partial charge is 0.317 e. The van der Waals surface area contributed by atoms with Crippen molar-refractivity contribution in [3.05, 3.63) is 24.3 Å². The highest BCUT2D eigenvalue weighted by atomic mass is 16.2. The van der Waals surface area contributed by atoms with Crippen molar-refractivity contribution in [1.29, 1.82) is 0 Å². The molecule has 0 atom stereocenters. The van der Waals surface area contributed by atoms with Gasteiger partial charge in [0.1, 0.15) is 0 Å². The van der Waals surface area contributed by atoms with Crippen LogP contribution in [0.1, 0.15) is 20.8 Å². The number of amides is 2. The first-order chi connectivity index (χ1) is 9.35. The number of rotatable bonds is 1. The molecular formula is C15H24N4O. The predicted octanol–water partition coefficient (Wildman–Crippen LogP) is 1.90. The van der Waals surface area contributed by atoms with Crippen LogP contribution in [0.5, 0.6) is 0 Å². The van der Waals surface area contributed by atoms with E-state index >= 15 is 0 Å². The topological polar surface area (TPSA) is 61.6 Å². The lowest BCUT2D eigenvalue weighted by Crippen LogP contribution is -2.55. The Hall–Kier alpha value is -1.91. The van der Waals surface area contributed by atoms with E-state index in [1.54, 1.807) is 0 Å². The molecule has 110 valence electrons. The standard InChI is InChI=1S/C15H24N4O/c1-15(2,3)17-14(20)19-9-7-18(8-10-19)13-6-4-5-12(16)11-13/h4-6,11H,7-10,16H2,1-3H3,(H,17,20). The van der Waals surface area contributed by atoms with Crippen LogP contribution in [0, 0.1) is 0 Å². The molecule has 1 aliphatic heterocycles. The summed E-state index contributed by atoms with van der Waals surface area (Å²) in [6, 6.07) is 7.90. The van der Waals surface area contributed by atoms with Crippen molar-refractivity contribution in [3.63, 3.8) is 0 Å². The van der Waals surface area contributed by atoms with Gasteiger partial charge in [-0.2, -0.15) is 0 Å². The number of carbonyl (C=O) groups excluding carboxylic acids is 1. The van der Waals surface area contributed by atoms with Crippen molar-refractivity contribution in [2.45, 2.75) is 26.3 Å². The second-order valence-electron chi connectivity index (χ2n) is 6.25. The van der Waals surface area contributed by atoms with E-state index in [0.717, 1.165) is 37.6 Å². The average Bonchev–Trinajstić information content (AvgIpc) is 2.37. The van der Waals surface area contributed by atoms with E-state index in [4.69, 9.17) is 5.73 Å². The van der Waals surface area contributed by atoms with Gasteiger partial charge < -0.3 is 20.9 Å². The highest BCUT2D eigenvalue weighted by Crippen LogP contribution is 2.19. The fourth-order valence-electron chi connectivity index (χ4n) is 2.29. The molecule has 0 aromatic heterocycles. The molecule has 5 heteroatoms. The Morgan fingerprint density at radius 3 is 2.40 bits per heavy atom. The monoisotopic (exact) mass is 276 g/mol. The van der Waals surface area contributed by atoms with Gasteiger partial charge in [-0.3, -0.25) is 0 Å². The number of anilines is 2. The molecule has 1 aromatic carbocycles. The molecule has 1 fully saturated rings. The summed E-state index contributed by atoms with van der Waals surface area (Å²) in [6.45, 7) is 9.12. The molecule has 0 radical (unpaired) electrons. The van der Waals surface area contributed by atoms with Gasteiger partial charge in [0.2, 0.25) is 0 Å². The lowest BCUT2D eigenvalue weighted by atomic mass is 10.1. The minimum Gasteiger partial charge on any atom is -0.399 e. The van der Waals surface area contributed by atoms with Gasteiger partial charge in [0.25, 0.3) is 0 Å². The van der Waals surface area contributed by atoms with Crippen molar-refractivity contribution in [2.24, 2.45) is 0 Å². The van der Waals surface area contributed by atoms with Crippen LogP contribution in [0.2, 0.25) is 0 Å². The Kier molecular flexibility index (Phi) is 4.06. The van der Waals surface area contributed by atoms with Gasteiger partial charge in [-0.1, -0.05) is 6.07 Å². The Bertz CT molecular complexity index is 473. The van der Waals surface area contributed by atoms with Gasteiger partial charge in [0.15, 0.2) is 0 Å². The summed E-state index contributed by atoms with van der Waals surface area (Å²) in [5.41, 5.74) is 7.52. The van der Waals surface area contributed by atoms with Crippen LogP contribution in [0.3, 0.4) is 0 Å². The number of piperazine rings is 1. The average molecular weight is 276 g/mol. The molecule has 2 rings (SSSR count). The zero-order valence-corrected chi connectivity index (χ0v) is 12.5. The van der Waals surface area contributed by atoms with Gasteiger partial charge in [-0.25, -0.2) is 4.79 Å². The highest BCUT2D eigenvalue weighted by Gasteiger charge is 2.24. The lowest BCUT2D eigenvalue weighted by Gasteiger charge is -2.37.